The predicted molar refractivity (Wildman–Crippen MR) is 120 cm³/mol. The van der Waals surface area contributed by atoms with Crippen LogP contribution in [0.3, 0.4) is 0 Å². The number of anilines is 1. The molecule has 0 aliphatic carbocycles. The molecule has 6 nitrogen and oxygen atoms in total. The number of rotatable bonds is 3. The first kappa shape index (κ1) is 19.4. The van der Waals surface area contributed by atoms with Crippen molar-refractivity contribution in [2.45, 2.75) is 32.7 Å². The highest BCUT2D eigenvalue weighted by Crippen LogP contribution is 2.48. The number of carbonyl (C=O) groups excluding carboxylic acids is 2. The highest BCUT2D eigenvalue weighted by Gasteiger charge is 2.42. The summed E-state index contributed by atoms with van der Waals surface area (Å²) in [6.07, 6.45) is 2.15. The Balaban J connectivity index is 1.85. The lowest BCUT2D eigenvalue weighted by Gasteiger charge is -2.21. The topological polar surface area (TPSA) is 63.6 Å². The third kappa shape index (κ3) is 2.78. The quantitative estimate of drug-likeness (QED) is 0.687. The monoisotopic (exact) mass is 415 g/mol. The molecule has 31 heavy (non-hydrogen) atoms. The van der Waals surface area contributed by atoms with Gasteiger partial charge >= 0.3 is 0 Å². The van der Waals surface area contributed by atoms with Gasteiger partial charge in [0.15, 0.2) is 0 Å². The van der Waals surface area contributed by atoms with Gasteiger partial charge in [0.05, 0.1) is 24.7 Å². The third-order valence-corrected chi connectivity index (χ3v) is 6.28. The van der Waals surface area contributed by atoms with Gasteiger partial charge in [0.2, 0.25) is 5.91 Å². The fourth-order valence-electron chi connectivity index (χ4n) is 4.89. The largest absolute Gasteiger partial charge is 0.496 e. The van der Waals surface area contributed by atoms with E-state index in [0.717, 1.165) is 39.2 Å². The summed E-state index contributed by atoms with van der Waals surface area (Å²) in [7, 11) is 1.64. The number of hydrogen-bond donors (Lipinski definition) is 1. The zero-order chi connectivity index (χ0) is 21.9. The maximum atomic E-state index is 13.5. The maximum Gasteiger partial charge on any atom is 0.259 e. The van der Waals surface area contributed by atoms with Crippen molar-refractivity contribution >= 4 is 28.4 Å². The standard InChI is InChI=1S/C25H25N3O3/c1-14(2)27-12-17-22(16-8-5-6-11-21(16)31-4)24-19(13-28(15(3)29)25(24)30)26-18-9-7-10-20(27)23(17)18/h5-12,14,22,26H,13H2,1-4H3. The summed E-state index contributed by atoms with van der Waals surface area (Å²) >= 11 is 0. The van der Waals surface area contributed by atoms with Crippen molar-refractivity contribution in [2.24, 2.45) is 0 Å². The lowest BCUT2D eigenvalue weighted by molar-refractivity contribution is -0.139. The predicted octanol–water partition coefficient (Wildman–Crippen LogP) is 4.43. The zero-order valence-corrected chi connectivity index (χ0v) is 18.1. The molecule has 5 rings (SSSR count). The number of methoxy groups -OCH3 is 1. The molecule has 0 bridgehead atoms. The molecule has 1 atom stereocenters. The normalized spacial score (nSPS) is 17.8. The minimum atomic E-state index is -0.346. The first-order valence-electron chi connectivity index (χ1n) is 10.5. The van der Waals surface area contributed by atoms with E-state index in [0.29, 0.717) is 5.57 Å². The molecule has 1 aromatic heterocycles. The Kier molecular flexibility index (Phi) is 4.39. The average Bonchev–Trinajstić information content (AvgIpc) is 3.24. The van der Waals surface area contributed by atoms with Crippen LogP contribution >= 0.6 is 0 Å². The van der Waals surface area contributed by atoms with Crippen LogP contribution in [0, 0.1) is 0 Å². The molecule has 6 heteroatoms. The number of carbonyl (C=O) groups is 2. The van der Waals surface area contributed by atoms with Crippen molar-refractivity contribution in [2.75, 3.05) is 19.0 Å². The summed E-state index contributed by atoms with van der Waals surface area (Å²) in [5.41, 5.74) is 5.41. The molecule has 0 saturated carbocycles. The number of aromatic nitrogens is 1. The smallest absolute Gasteiger partial charge is 0.259 e. The number of nitrogens with zero attached hydrogens (tertiary/aromatic N) is 2. The van der Waals surface area contributed by atoms with Gasteiger partial charge in [0.1, 0.15) is 5.75 Å². The van der Waals surface area contributed by atoms with E-state index < -0.39 is 0 Å². The number of ether oxygens (including phenoxy) is 1. The van der Waals surface area contributed by atoms with Crippen molar-refractivity contribution in [3.63, 3.8) is 0 Å². The van der Waals surface area contributed by atoms with Gasteiger partial charge in [-0.1, -0.05) is 24.3 Å². The molecular formula is C25H25N3O3. The Hall–Kier alpha value is -3.54. The van der Waals surface area contributed by atoms with Crippen molar-refractivity contribution in [1.29, 1.82) is 0 Å². The lowest BCUT2D eigenvalue weighted by atomic mass is 9.84. The zero-order valence-electron chi connectivity index (χ0n) is 18.1. The van der Waals surface area contributed by atoms with Crippen molar-refractivity contribution in [3.8, 4) is 5.75 Å². The average molecular weight is 415 g/mol. The maximum absolute atomic E-state index is 13.5. The Bertz CT molecular complexity index is 1270. The van der Waals surface area contributed by atoms with Gasteiger partial charge in [-0.2, -0.15) is 0 Å². The highest BCUT2D eigenvalue weighted by molar-refractivity contribution is 6.11. The number of amides is 2. The number of nitrogens with one attached hydrogen (secondary N) is 1. The molecule has 1 N–H and O–H groups in total. The van der Waals surface area contributed by atoms with Crippen LogP contribution in [0.4, 0.5) is 5.69 Å². The summed E-state index contributed by atoms with van der Waals surface area (Å²) in [5.74, 6) is -0.124. The molecule has 0 radical (unpaired) electrons. The first-order chi connectivity index (χ1) is 14.9. The Morgan fingerprint density at radius 1 is 1.13 bits per heavy atom. The van der Waals surface area contributed by atoms with Gasteiger partial charge < -0.3 is 14.6 Å². The third-order valence-electron chi connectivity index (χ3n) is 6.28. The van der Waals surface area contributed by atoms with Crippen LogP contribution in [0.1, 0.15) is 43.9 Å². The molecule has 1 unspecified atom stereocenters. The van der Waals surface area contributed by atoms with Gasteiger partial charge in [-0.05, 0) is 37.6 Å². The molecule has 2 aromatic carbocycles. The number of imide groups is 1. The molecular weight excluding hydrogens is 390 g/mol. The van der Waals surface area contributed by atoms with E-state index in [4.69, 9.17) is 4.74 Å². The van der Waals surface area contributed by atoms with Crippen molar-refractivity contribution in [3.05, 3.63) is 71.1 Å². The van der Waals surface area contributed by atoms with E-state index in [9.17, 15) is 9.59 Å². The number of para-hydroxylation sites is 1. The molecule has 158 valence electrons. The summed E-state index contributed by atoms with van der Waals surface area (Å²) < 4.78 is 7.94. The molecule has 0 fully saturated rings. The van der Waals surface area contributed by atoms with Gasteiger partial charge in [-0.3, -0.25) is 14.5 Å². The van der Waals surface area contributed by atoms with Crippen LogP contribution in [0.15, 0.2) is 59.9 Å². The molecule has 2 aliphatic rings. The summed E-state index contributed by atoms with van der Waals surface area (Å²) in [6.45, 7) is 5.98. The Morgan fingerprint density at radius 2 is 1.90 bits per heavy atom. The van der Waals surface area contributed by atoms with Crippen LogP contribution in [-0.2, 0) is 9.59 Å². The molecule has 3 aromatic rings. The Morgan fingerprint density at radius 3 is 2.61 bits per heavy atom. The van der Waals surface area contributed by atoms with E-state index in [1.807, 2.05) is 36.4 Å². The summed E-state index contributed by atoms with van der Waals surface area (Å²) in [5, 5.41) is 4.60. The number of hydrogen-bond acceptors (Lipinski definition) is 4. The SMILES string of the molecule is COc1ccccc1C1C2=C(CN(C(C)=O)C2=O)Nc2cccc3c2c1cn3C(C)C. The van der Waals surface area contributed by atoms with Crippen LogP contribution in [-0.4, -0.2) is 34.9 Å². The molecule has 0 spiro atoms. The van der Waals surface area contributed by atoms with Crippen LogP contribution in [0.25, 0.3) is 10.9 Å². The van der Waals surface area contributed by atoms with Crippen LogP contribution in [0.5, 0.6) is 5.75 Å². The van der Waals surface area contributed by atoms with E-state index in [2.05, 4.69) is 36.0 Å². The van der Waals surface area contributed by atoms with E-state index in [1.165, 1.54) is 11.8 Å². The molecule has 2 aliphatic heterocycles. The van der Waals surface area contributed by atoms with Crippen LogP contribution < -0.4 is 10.1 Å². The molecule has 2 amide bonds. The van der Waals surface area contributed by atoms with Gasteiger partial charge in [0, 0.05) is 47.4 Å². The fourth-order valence-corrected chi connectivity index (χ4v) is 4.89. The second-order valence-corrected chi connectivity index (χ2v) is 8.39. The first-order valence-corrected chi connectivity index (χ1v) is 10.5. The Labute approximate surface area is 181 Å². The molecule has 0 saturated heterocycles. The number of benzene rings is 2. The summed E-state index contributed by atoms with van der Waals surface area (Å²) in [4.78, 5) is 27.0. The van der Waals surface area contributed by atoms with Gasteiger partial charge in [-0.15, -0.1) is 0 Å². The highest BCUT2D eigenvalue weighted by atomic mass is 16.5. The second kappa shape index (κ2) is 7.01. The van der Waals surface area contributed by atoms with Gasteiger partial charge in [-0.25, -0.2) is 0 Å². The van der Waals surface area contributed by atoms with Crippen LogP contribution in [0.2, 0.25) is 0 Å². The second-order valence-electron chi connectivity index (χ2n) is 8.39. The van der Waals surface area contributed by atoms with E-state index >= 15 is 0 Å². The van der Waals surface area contributed by atoms with Crippen molar-refractivity contribution < 1.29 is 14.3 Å². The van der Waals surface area contributed by atoms with Gasteiger partial charge in [0.25, 0.3) is 5.91 Å². The summed E-state index contributed by atoms with van der Waals surface area (Å²) in [6, 6.07) is 14.2. The minimum absolute atomic E-state index is 0.246. The molecule has 3 heterocycles. The fraction of sp³-hybridized carbons (Fsp3) is 0.280. The minimum Gasteiger partial charge on any atom is -0.496 e. The lowest BCUT2D eigenvalue weighted by Crippen LogP contribution is -2.33. The van der Waals surface area contributed by atoms with E-state index in [1.54, 1.807) is 7.11 Å². The van der Waals surface area contributed by atoms with E-state index in [-0.39, 0.29) is 30.3 Å². The van der Waals surface area contributed by atoms with Crippen molar-refractivity contribution in [1.82, 2.24) is 9.47 Å².